The third-order valence-corrected chi connectivity index (χ3v) is 8.96. The average molecular weight is 664 g/mol. The molecule has 12 nitrogen and oxygen atoms in total. The van der Waals surface area contributed by atoms with Gasteiger partial charge in [0, 0.05) is 48.1 Å². The van der Waals surface area contributed by atoms with Crippen LogP contribution < -0.4 is 5.32 Å². The van der Waals surface area contributed by atoms with Crippen molar-refractivity contribution in [1.29, 1.82) is 0 Å². The SMILES string of the molecule is CC(=O)OCc1nc(-c2cnc(C)nc2)cc2c(C(C)=O)cn(CC(=O)N3C(C(=O)Nc4nc(C(F)(F)F)ccc4C)C[C@@]4(C)C[C@@H]34)c12. The number of rotatable bonds is 8. The van der Waals surface area contributed by atoms with Crippen LogP contribution in [0.25, 0.3) is 22.2 Å². The molecule has 250 valence electrons. The van der Waals surface area contributed by atoms with E-state index in [4.69, 9.17) is 9.72 Å². The number of carbonyl (C=O) groups excluding carboxylic acids is 4. The minimum absolute atomic E-state index is 0.230. The second-order valence-electron chi connectivity index (χ2n) is 12.6. The summed E-state index contributed by atoms with van der Waals surface area (Å²) < 4.78 is 46.9. The van der Waals surface area contributed by atoms with Gasteiger partial charge in [-0.1, -0.05) is 13.0 Å². The van der Waals surface area contributed by atoms with Gasteiger partial charge in [0.2, 0.25) is 11.8 Å². The van der Waals surface area contributed by atoms with Gasteiger partial charge in [-0.2, -0.15) is 13.2 Å². The van der Waals surface area contributed by atoms with Gasteiger partial charge in [-0.15, -0.1) is 0 Å². The van der Waals surface area contributed by atoms with Crippen LogP contribution in [-0.2, 0) is 38.4 Å². The minimum Gasteiger partial charge on any atom is -0.459 e. The maximum absolute atomic E-state index is 14.1. The fourth-order valence-corrected chi connectivity index (χ4v) is 6.36. The van der Waals surface area contributed by atoms with Crippen molar-refractivity contribution in [2.24, 2.45) is 5.41 Å². The zero-order valence-electron chi connectivity index (χ0n) is 26.8. The highest BCUT2D eigenvalue weighted by molar-refractivity contribution is 6.08. The number of likely N-dealkylation sites (tertiary alicyclic amines) is 1. The molecule has 2 aliphatic rings. The van der Waals surface area contributed by atoms with Crippen molar-refractivity contribution in [2.45, 2.75) is 78.9 Å². The van der Waals surface area contributed by atoms with Crippen molar-refractivity contribution in [2.75, 3.05) is 5.32 Å². The topological polar surface area (TPSA) is 149 Å². The summed E-state index contributed by atoms with van der Waals surface area (Å²) in [5.41, 5.74) is 0.846. The molecule has 4 aromatic heterocycles. The number of nitrogens with one attached hydrogen (secondary N) is 1. The molecule has 4 aromatic rings. The van der Waals surface area contributed by atoms with E-state index < -0.39 is 35.7 Å². The Kier molecular flexibility index (Phi) is 8.04. The summed E-state index contributed by atoms with van der Waals surface area (Å²) in [5.74, 6) is -1.59. The van der Waals surface area contributed by atoms with Crippen molar-refractivity contribution in [3.8, 4) is 11.3 Å². The molecule has 0 bridgehead atoms. The molecule has 1 saturated carbocycles. The predicted octanol–water partition coefficient (Wildman–Crippen LogP) is 4.81. The standard InChI is InChI=1S/C33H32F3N7O5/c1-16-6-7-26(33(34,35)36)40-30(16)41-31(47)25-9-32(5)10-27(32)43(25)28(46)14-42-13-22(17(2)44)21-8-23(20-11-37-18(3)38-12-20)39-24(29(21)42)15-48-19(4)45/h6-8,11-13,25,27H,9-10,14-15H2,1-5H3,(H,40,41,47)/t25?,27-,32+/m1/s1. The average Bonchev–Trinajstić information content (AvgIpc) is 3.37. The first-order valence-corrected chi connectivity index (χ1v) is 15.2. The fraction of sp³-hybridized carbons (Fsp3) is 0.394. The van der Waals surface area contributed by atoms with Crippen molar-refractivity contribution >= 4 is 40.3 Å². The Bertz CT molecular complexity index is 1990. The van der Waals surface area contributed by atoms with Crippen LogP contribution in [0.2, 0.25) is 0 Å². The van der Waals surface area contributed by atoms with E-state index in [1.165, 1.54) is 37.9 Å². The Hall–Kier alpha value is -5.21. The number of esters is 1. The van der Waals surface area contributed by atoms with E-state index in [0.717, 1.165) is 6.07 Å². The Morgan fingerprint density at radius 3 is 2.42 bits per heavy atom. The van der Waals surface area contributed by atoms with E-state index in [2.05, 4.69) is 20.3 Å². The molecule has 3 atom stereocenters. The van der Waals surface area contributed by atoms with E-state index in [1.807, 2.05) is 6.92 Å². The Morgan fingerprint density at radius 2 is 1.77 bits per heavy atom. The molecule has 15 heteroatoms. The van der Waals surface area contributed by atoms with Gasteiger partial charge in [-0.3, -0.25) is 19.2 Å². The number of aryl methyl sites for hydroxylation is 2. The molecule has 1 aliphatic carbocycles. The van der Waals surface area contributed by atoms with E-state index in [0.29, 0.717) is 52.0 Å². The zero-order valence-corrected chi connectivity index (χ0v) is 26.8. The van der Waals surface area contributed by atoms with Crippen LogP contribution in [0.3, 0.4) is 0 Å². The molecule has 0 spiro atoms. The Morgan fingerprint density at radius 1 is 1.06 bits per heavy atom. The quantitative estimate of drug-likeness (QED) is 0.207. The van der Waals surface area contributed by atoms with Crippen LogP contribution in [-0.4, -0.2) is 65.1 Å². The number of halogens is 3. The largest absolute Gasteiger partial charge is 0.459 e. The lowest BCUT2D eigenvalue weighted by molar-refractivity contribution is -0.142. The van der Waals surface area contributed by atoms with E-state index in [9.17, 15) is 32.3 Å². The van der Waals surface area contributed by atoms with Crippen LogP contribution in [0.5, 0.6) is 0 Å². The summed E-state index contributed by atoms with van der Waals surface area (Å²) in [4.78, 5) is 70.5. The van der Waals surface area contributed by atoms with Gasteiger partial charge >= 0.3 is 12.1 Å². The predicted molar refractivity (Wildman–Crippen MR) is 165 cm³/mol. The number of nitrogens with zero attached hydrogens (tertiary/aromatic N) is 6. The molecule has 6 rings (SSSR count). The van der Waals surface area contributed by atoms with Crippen molar-refractivity contribution < 1.29 is 37.1 Å². The van der Waals surface area contributed by atoms with Gasteiger partial charge in [0.1, 0.15) is 42.2 Å². The maximum atomic E-state index is 14.1. The van der Waals surface area contributed by atoms with Crippen LogP contribution in [0.1, 0.15) is 66.7 Å². The number of alkyl halides is 3. The number of carbonyl (C=O) groups is 4. The Labute approximate surface area is 272 Å². The van der Waals surface area contributed by atoms with Gasteiger partial charge in [0.25, 0.3) is 0 Å². The highest BCUT2D eigenvalue weighted by Crippen LogP contribution is 2.59. The number of ether oxygens (including phenoxy) is 1. The van der Waals surface area contributed by atoms with Gasteiger partial charge < -0.3 is 19.5 Å². The normalized spacial score (nSPS) is 20.0. The fourth-order valence-electron chi connectivity index (χ4n) is 6.36. The monoisotopic (exact) mass is 663 g/mol. The first-order chi connectivity index (χ1) is 22.6. The summed E-state index contributed by atoms with van der Waals surface area (Å²) in [5, 5.41) is 2.99. The number of anilines is 1. The summed E-state index contributed by atoms with van der Waals surface area (Å²) >= 11 is 0. The minimum atomic E-state index is -4.70. The summed E-state index contributed by atoms with van der Waals surface area (Å²) in [6.45, 7) is 7.32. The highest BCUT2D eigenvalue weighted by atomic mass is 19.4. The second-order valence-corrected chi connectivity index (χ2v) is 12.6. The summed E-state index contributed by atoms with van der Waals surface area (Å²) in [6.07, 6.45) is 0.985. The van der Waals surface area contributed by atoms with Gasteiger partial charge in [0.15, 0.2) is 5.78 Å². The molecular weight excluding hydrogens is 631 g/mol. The number of aromatic nitrogens is 5. The first kappa shape index (κ1) is 32.7. The molecule has 1 saturated heterocycles. The molecular formula is C33H32F3N7O5. The van der Waals surface area contributed by atoms with Gasteiger partial charge in [0.05, 0.1) is 11.2 Å². The highest BCUT2D eigenvalue weighted by Gasteiger charge is 2.64. The van der Waals surface area contributed by atoms with Gasteiger partial charge in [-0.05, 0) is 56.7 Å². The summed E-state index contributed by atoms with van der Waals surface area (Å²) in [7, 11) is 0. The molecule has 2 amide bonds. The smallest absolute Gasteiger partial charge is 0.433 e. The van der Waals surface area contributed by atoms with Gasteiger partial charge in [-0.25, -0.2) is 19.9 Å². The van der Waals surface area contributed by atoms with Crippen molar-refractivity contribution in [3.63, 3.8) is 0 Å². The maximum Gasteiger partial charge on any atom is 0.433 e. The summed E-state index contributed by atoms with van der Waals surface area (Å²) in [6, 6.07) is 2.54. The number of pyridine rings is 2. The van der Waals surface area contributed by atoms with Crippen molar-refractivity contribution in [1.82, 2.24) is 29.4 Å². The molecule has 0 radical (unpaired) electrons. The lowest BCUT2D eigenvalue weighted by atomic mass is 10.0. The lowest BCUT2D eigenvalue weighted by Gasteiger charge is -2.27. The van der Waals surface area contributed by atoms with Crippen molar-refractivity contribution in [3.05, 3.63) is 65.1 Å². The third-order valence-electron chi connectivity index (χ3n) is 8.96. The number of fused-ring (bicyclic) bond motifs is 2. The molecule has 48 heavy (non-hydrogen) atoms. The van der Waals surface area contributed by atoms with E-state index in [1.54, 1.807) is 30.0 Å². The molecule has 2 fully saturated rings. The number of hydrogen-bond acceptors (Lipinski definition) is 9. The second kappa shape index (κ2) is 11.8. The molecule has 1 N–H and O–H groups in total. The van der Waals surface area contributed by atoms with Crippen LogP contribution in [0.15, 0.2) is 36.8 Å². The van der Waals surface area contributed by atoms with Crippen LogP contribution in [0, 0.1) is 19.3 Å². The number of piperidine rings is 1. The van der Waals surface area contributed by atoms with Crippen LogP contribution >= 0.6 is 0 Å². The van der Waals surface area contributed by atoms with E-state index >= 15 is 0 Å². The number of hydrogen-bond donors (Lipinski definition) is 1. The van der Waals surface area contributed by atoms with E-state index in [-0.39, 0.29) is 41.9 Å². The number of ketones is 1. The lowest BCUT2D eigenvalue weighted by Crippen LogP contribution is -2.46. The molecule has 1 aliphatic heterocycles. The molecule has 0 aromatic carbocycles. The zero-order chi connectivity index (χ0) is 34.7. The number of Topliss-reactive ketones (excluding diaryl/α,β-unsaturated/α-hetero) is 1. The molecule has 5 heterocycles. The van der Waals surface area contributed by atoms with Crippen LogP contribution in [0.4, 0.5) is 19.0 Å². The third kappa shape index (κ3) is 6.11. The molecule has 1 unspecified atom stereocenters. The number of amides is 2. The first-order valence-electron chi connectivity index (χ1n) is 15.2. The Balaban J connectivity index is 1.35.